The van der Waals surface area contributed by atoms with Gasteiger partial charge in [0.1, 0.15) is 14.7 Å². The fourth-order valence-corrected chi connectivity index (χ4v) is 27.3. The number of benzene rings is 11. The molecule has 0 bridgehead atoms. The largest absolute Gasteiger partial charge is 0.301 e. The number of hydrogen-bond donors (Lipinski definition) is 8. The third-order valence-corrected chi connectivity index (χ3v) is 36.7. The molecule has 4 aliphatic rings. The molecule has 4 aliphatic heterocycles. The monoisotopic (exact) mass is 2160 g/mol. The Morgan fingerprint density at radius 2 is 0.685 bits per heavy atom. The highest BCUT2D eigenvalue weighted by Crippen LogP contribution is 2.40. The van der Waals surface area contributed by atoms with Crippen LogP contribution in [0.2, 0.25) is 20.1 Å². The van der Waals surface area contributed by atoms with E-state index in [4.69, 9.17) is 46.4 Å². The van der Waals surface area contributed by atoms with Crippen molar-refractivity contribution in [1.82, 2.24) is 53.8 Å². The van der Waals surface area contributed by atoms with E-state index in [1.807, 2.05) is 136 Å². The molecule has 0 amide bonds. The minimum absolute atomic E-state index is 0.0210. The predicted octanol–water partition coefficient (Wildman–Crippen LogP) is 16.7. The highest BCUT2D eigenvalue weighted by atomic mass is 35.5. The summed E-state index contributed by atoms with van der Waals surface area (Å²) >= 11 is 25.3. The van der Waals surface area contributed by atoms with Crippen LogP contribution in [0.1, 0.15) is 42.4 Å². The minimum atomic E-state index is -4.12. The first-order chi connectivity index (χ1) is 68.2. The highest BCUT2D eigenvalue weighted by molar-refractivity contribution is 7.94. The molecule has 5 aromatic heterocycles. The van der Waals surface area contributed by atoms with Crippen molar-refractivity contribution >= 4 is 216 Å². The molecule has 0 aliphatic carbocycles. The molecule has 8 N–H and O–H groups in total. The second-order valence-corrected chi connectivity index (χ2v) is 48.0. The normalized spacial score (nSPS) is 15.7. The van der Waals surface area contributed by atoms with Crippen LogP contribution in [0.4, 0.5) is 45.5 Å². The number of nitrogens with zero attached hydrogens (tertiary/aromatic N) is 11. The third kappa shape index (κ3) is 23.0. The summed E-state index contributed by atoms with van der Waals surface area (Å²) in [7, 11) is -30.8. The van der Waals surface area contributed by atoms with Crippen molar-refractivity contribution in [3.05, 3.63) is 316 Å². The van der Waals surface area contributed by atoms with Crippen LogP contribution in [0.25, 0.3) is 88.8 Å². The summed E-state index contributed by atoms with van der Waals surface area (Å²) in [6, 6.07) is 68.7. The van der Waals surface area contributed by atoms with Crippen LogP contribution in [0.3, 0.4) is 0 Å². The number of aryl methyl sites for hydroxylation is 3. The number of halogens is 4. The Morgan fingerprint density at radius 1 is 0.315 bits per heavy atom. The molecule has 9 heterocycles. The van der Waals surface area contributed by atoms with Gasteiger partial charge in [-0.25, -0.2) is 58.6 Å². The Hall–Kier alpha value is -12.9. The molecule has 143 heavy (non-hydrogen) atoms. The standard InChI is InChI=1S/C25H23ClN4O4S2.C24H22ClN5O4S2.C24H23N5O4S2.C23H19Cl2N5O4S2/c1-17-7-8-19(15-22(17)25-21-6-3-2-5-18(21)11-13-27-25)29-35(31,32)24-10-9-20(16-23(24)26)30-14-4-12-28-36(30,33)34;1-16-3-5-18(13-20(16)23-7-4-17-15-26-11-9-22(17)28-23)29-35(31,32)24-8-6-19(14-21(24)25)30-12-2-10-27-36(30,33)34;1-17-7-8-19(15-22(17)24-25-16-18-5-2-3-6-23(18)27-24)28-34(30,31)21-11-9-20(10-12-21)29-14-4-13-26-35(29,32)33;24-19-8-6-16(12-18(19)23-26-14-15-4-1-2-5-21(15)28-23)29-35(31,32)22-9-7-17(13-20(22)25)30-11-3-10-27-36(30,33)34/h2-3,5-11,13,15-16,28-29H,4,12,14H2,1H3;3-9,11,13-15,27,29H,2,10,12H2,1H3;2-3,5-12,15-16,26,28H,4,13-14H2,1H3;1-2,4-9,12-14,27,29H,3,10-11H2. The molecule has 0 spiro atoms. The average molecular weight is 2160 g/mol. The van der Waals surface area contributed by atoms with Gasteiger partial charge < -0.3 is 0 Å². The minimum Gasteiger partial charge on any atom is -0.280 e. The Labute approximate surface area is 846 Å². The molecule has 11 aromatic carbocycles. The van der Waals surface area contributed by atoms with Gasteiger partial charge in [-0.1, -0.05) is 125 Å². The van der Waals surface area contributed by atoms with Gasteiger partial charge in [-0.15, -0.1) is 0 Å². The number of nitrogens with one attached hydrogen (secondary N) is 8. The van der Waals surface area contributed by atoms with Crippen LogP contribution in [0.5, 0.6) is 0 Å². The van der Waals surface area contributed by atoms with Crippen molar-refractivity contribution in [2.75, 3.05) is 88.5 Å². The van der Waals surface area contributed by atoms with Crippen molar-refractivity contribution in [3.8, 4) is 45.3 Å². The number of para-hydroxylation sites is 2. The molecule has 0 unspecified atom stereocenters. The Bertz CT molecular complexity index is 8450. The van der Waals surface area contributed by atoms with Crippen molar-refractivity contribution in [2.45, 2.75) is 66.0 Å². The number of aromatic nitrogens is 7. The maximum Gasteiger partial charge on any atom is 0.301 e. The quantitative estimate of drug-likeness (QED) is 0.0351. The molecule has 738 valence electrons. The van der Waals surface area contributed by atoms with Gasteiger partial charge in [-0.05, 0) is 238 Å². The van der Waals surface area contributed by atoms with Gasteiger partial charge >= 0.3 is 40.8 Å². The SMILES string of the molecule is Cc1ccc(NS(=O)(=O)c2ccc(N3CCCNS3(=O)=O)cc2)cc1-c1ncc2ccccc2n1.Cc1ccc(NS(=O)(=O)c2ccc(N3CCCNS3(=O)=O)cc2Cl)cc1-c1ccc2cnccc2n1.Cc1ccc(NS(=O)(=O)c2ccc(N3CCCNS3(=O)=O)cc2Cl)cc1-c1nccc2ccccc12.O=S(=O)(Nc1ccc(Cl)c(-c2ncc3ccccc3n2)c1)c1ccc(N2CCCNS2(=O)=O)cc1Cl. The number of pyridine rings is 3. The second-order valence-electron chi connectivity index (χ2n) is 33.0. The van der Waals surface area contributed by atoms with Gasteiger partial charge in [-0.3, -0.25) is 46.1 Å². The lowest BCUT2D eigenvalue weighted by Crippen LogP contribution is -2.47. The van der Waals surface area contributed by atoms with Gasteiger partial charge in [0.15, 0.2) is 11.6 Å². The molecule has 16 aromatic rings. The zero-order chi connectivity index (χ0) is 101. The lowest BCUT2D eigenvalue weighted by Gasteiger charge is -2.28. The van der Waals surface area contributed by atoms with E-state index >= 15 is 0 Å². The second kappa shape index (κ2) is 41.8. The molecule has 35 nitrogen and oxygen atoms in total. The zero-order valence-electron chi connectivity index (χ0n) is 75.8. The lowest BCUT2D eigenvalue weighted by molar-refractivity contribution is 0.558. The topological polar surface area (TPSA) is 473 Å². The molecular weight excluding hydrogens is 2070 g/mol. The fraction of sp³-hybridized carbons (Fsp3) is 0.156. The van der Waals surface area contributed by atoms with Crippen molar-refractivity contribution in [1.29, 1.82) is 0 Å². The van der Waals surface area contributed by atoms with Crippen molar-refractivity contribution in [2.24, 2.45) is 0 Å². The smallest absolute Gasteiger partial charge is 0.280 e. The fourth-order valence-electron chi connectivity index (χ4n) is 16.0. The van der Waals surface area contributed by atoms with Crippen LogP contribution in [-0.2, 0) is 80.9 Å². The Kier molecular flexibility index (Phi) is 29.7. The van der Waals surface area contributed by atoms with Gasteiger partial charge in [0.2, 0.25) is 0 Å². The number of rotatable bonds is 20. The number of fused-ring (bicyclic) bond motifs is 4. The van der Waals surface area contributed by atoms with Gasteiger partial charge in [0.05, 0.1) is 75.7 Å². The van der Waals surface area contributed by atoms with Crippen molar-refractivity contribution < 1.29 is 67.3 Å². The van der Waals surface area contributed by atoms with Crippen LogP contribution < -0.4 is 55.0 Å². The number of sulfonamides is 4. The summed E-state index contributed by atoms with van der Waals surface area (Å²) in [4.78, 5) is 30.8. The van der Waals surface area contributed by atoms with Gasteiger partial charge in [-0.2, -0.15) is 52.6 Å². The molecule has 20 rings (SSSR count). The van der Waals surface area contributed by atoms with Crippen LogP contribution in [-0.4, -0.2) is 155 Å². The van der Waals surface area contributed by atoms with E-state index in [-0.39, 0.29) is 65.7 Å². The van der Waals surface area contributed by atoms with E-state index in [0.29, 0.717) is 126 Å². The van der Waals surface area contributed by atoms with Crippen LogP contribution >= 0.6 is 46.4 Å². The molecule has 4 fully saturated rings. The molecule has 0 atom stereocenters. The number of hydrogen-bond acceptors (Lipinski definition) is 23. The molecule has 47 heteroatoms. The molecular formula is C96H87Cl4N19O16S8. The Morgan fingerprint density at radius 3 is 1.15 bits per heavy atom. The van der Waals surface area contributed by atoms with Crippen molar-refractivity contribution in [3.63, 3.8) is 0 Å². The lowest BCUT2D eigenvalue weighted by atomic mass is 10.00. The van der Waals surface area contributed by atoms with Gasteiger partial charge in [0.25, 0.3) is 40.1 Å². The summed E-state index contributed by atoms with van der Waals surface area (Å²) in [6.45, 7) is 8.38. The summed E-state index contributed by atoms with van der Waals surface area (Å²) in [5.41, 5.74) is 11.9. The summed E-state index contributed by atoms with van der Waals surface area (Å²) in [6.07, 6.45) is 11.1. The Balaban J connectivity index is 0.000000131. The predicted molar refractivity (Wildman–Crippen MR) is 561 cm³/mol. The van der Waals surface area contributed by atoms with E-state index in [0.717, 1.165) is 81.3 Å². The average Bonchev–Trinajstić information content (AvgIpc) is 0.772. The third-order valence-electron chi connectivity index (χ3n) is 23.2. The van der Waals surface area contributed by atoms with Crippen LogP contribution in [0.15, 0.2) is 299 Å². The number of anilines is 8. The molecule has 0 radical (unpaired) electrons. The van der Waals surface area contributed by atoms with E-state index in [2.05, 4.69) is 72.7 Å². The zero-order valence-corrected chi connectivity index (χ0v) is 85.3. The van der Waals surface area contributed by atoms with E-state index in [9.17, 15) is 67.3 Å². The first-order valence-electron chi connectivity index (χ1n) is 44.0. The summed E-state index contributed by atoms with van der Waals surface area (Å²) in [5, 5.41) is 4.75. The maximum atomic E-state index is 13.2. The van der Waals surface area contributed by atoms with Gasteiger partial charge in [0, 0.05) is 150 Å². The van der Waals surface area contributed by atoms with E-state index in [1.165, 1.54) is 104 Å². The maximum absolute atomic E-state index is 13.2. The van der Waals surface area contributed by atoms with E-state index < -0.39 is 80.9 Å². The van der Waals surface area contributed by atoms with E-state index in [1.54, 1.807) is 73.4 Å². The summed E-state index contributed by atoms with van der Waals surface area (Å²) < 4.78 is 228. The molecule has 4 saturated heterocycles. The first-order valence-corrected chi connectivity index (χ1v) is 57.2. The first kappa shape index (κ1) is 102. The summed E-state index contributed by atoms with van der Waals surface area (Å²) in [5.74, 6) is 0.849. The highest BCUT2D eigenvalue weighted by Gasteiger charge is 2.34. The molecule has 0 saturated carbocycles. The van der Waals surface area contributed by atoms with Crippen LogP contribution in [0, 0.1) is 20.8 Å².